The molecule has 0 aliphatic carbocycles. The van der Waals surface area contributed by atoms with Gasteiger partial charge < -0.3 is 9.73 Å². The average molecular weight is 239 g/mol. The third kappa shape index (κ3) is 1.56. The van der Waals surface area contributed by atoms with Crippen LogP contribution in [-0.4, -0.2) is 6.54 Å². The second kappa shape index (κ2) is 4.18. The molecule has 0 spiro atoms. The van der Waals surface area contributed by atoms with Gasteiger partial charge in [0.2, 0.25) is 5.43 Å². The molecule has 3 nitrogen and oxygen atoms in total. The van der Waals surface area contributed by atoms with E-state index in [4.69, 9.17) is 4.42 Å². The van der Waals surface area contributed by atoms with E-state index in [1.807, 2.05) is 37.3 Å². The van der Waals surface area contributed by atoms with Crippen LogP contribution < -0.4 is 10.7 Å². The monoisotopic (exact) mass is 239 g/mol. The van der Waals surface area contributed by atoms with Gasteiger partial charge in [-0.1, -0.05) is 18.2 Å². The van der Waals surface area contributed by atoms with Crippen molar-refractivity contribution in [2.75, 3.05) is 11.9 Å². The summed E-state index contributed by atoms with van der Waals surface area (Å²) in [5, 5.41) is 4.45. The minimum absolute atomic E-state index is 0.0200. The molecule has 3 heteroatoms. The standard InChI is InChI=1S/C15H13NO2/c1-2-16-12-8-5-7-11-14(17)10-6-3-4-9-13(10)18-15(11)12/h3-9,16H,2H2,1H3. The topological polar surface area (TPSA) is 42.2 Å². The SMILES string of the molecule is CCNc1cccc2c(=O)c3ccccc3oc12. The number of fused-ring (bicyclic) bond motifs is 2. The van der Waals surface area contributed by atoms with Crippen LogP contribution in [0.3, 0.4) is 0 Å². The molecular weight excluding hydrogens is 226 g/mol. The molecule has 18 heavy (non-hydrogen) atoms. The first kappa shape index (κ1) is 10.8. The van der Waals surface area contributed by atoms with Gasteiger partial charge in [-0.25, -0.2) is 0 Å². The van der Waals surface area contributed by atoms with Crippen LogP contribution in [0.5, 0.6) is 0 Å². The number of rotatable bonds is 2. The molecule has 0 saturated heterocycles. The highest BCUT2D eigenvalue weighted by molar-refractivity contribution is 5.95. The van der Waals surface area contributed by atoms with E-state index in [1.54, 1.807) is 12.1 Å². The van der Waals surface area contributed by atoms with Crippen molar-refractivity contribution in [2.24, 2.45) is 0 Å². The lowest BCUT2D eigenvalue weighted by atomic mass is 10.1. The van der Waals surface area contributed by atoms with E-state index in [9.17, 15) is 4.79 Å². The van der Waals surface area contributed by atoms with Crippen molar-refractivity contribution in [3.05, 3.63) is 52.7 Å². The Labute approximate surface area is 104 Å². The summed E-state index contributed by atoms with van der Waals surface area (Å²) in [5.41, 5.74) is 2.13. The summed E-state index contributed by atoms with van der Waals surface area (Å²) >= 11 is 0. The lowest BCUT2D eigenvalue weighted by molar-refractivity contribution is 0.660. The molecule has 0 aliphatic heterocycles. The summed E-state index contributed by atoms with van der Waals surface area (Å²) in [6, 6.07) is 12.9. The van der Waals surface area contributed by atoms with E-state index in [1.165, 1.54) is 0 Å². The van der Waals surface area contributed by atoms with Crippen LogP contribution in [0.2, 0.25) is 0 Å². The fraction of sp³-hybridized carbons (Fsp3) is 0.133. The Morgan fingerprint density at radius 1 is 1.06 bits per heavy atom. The maximum absolute atomic E-state index is 12.4. The number of para-hydroxylation sites is 2. The van der Waals surface area contributed by atoms with Crippen molar-refractivity contribution in [3.8, 4) is 0 Å². The molecule has 0 saturated carbocycles. The number of benzene rings is 2. The fourth-order valence-electron chi connectivity index (χ4n) is 2.15. The first-order valence-corrected chi connectivity index (χ1v) is 5.99. The zero-order valence-electron chi connectivity index (χ0n) is 10.1. The number of hydrogen-bond donors (Lipinski definition) is 1. The van der Waals surface area contributed by atoms with Crippen LogP contribution in [0.15, 0.2) is 51.7 Å². The van der Waals surface area contributed by atoms with Crippen LogP contribution in [0.1, 0.15) is 6.92 Å². The third-order valence-corrected chi connectivity index (χ3v) is 2.97. The van der Waals surface area contributed by atoms with Gasteiger partial charge in [-0.05, 0) is 31.2 Å². The molecule has 1 heterocycles. The number of hydrogen-bond acceptors (Lipinski definition) is 3. The highest BCUT2D eigenvalue weighted by Gasteiger charge is 2.09. The molecule has 90 valence electrons. The highest BCUT2D eigenvalue weighted by atomic mass is 16.3. The summed E-state index contributed by atoms with van der Waals surface area (Å²) in [7, 11) is 0. The van der Waals surface area contributed by atoms with Gasteiger partial charge in [-0.2, -0.15) is 0 Å². The van der Waals surface area contributed by atoms with E-state index in [-0.39, 0.29) is 5.43 Å². The van der Waals surface area contributed by atoms with E-state index in [0.29, 0.717) is 21.9 Å². The molecule has 0 bridgehead atoms. The van der Waals surface area contributed by atoms with Gasteiger partial charge in [0.05, 0.1) is 16.5 Å². The summed E-state index contributed by atoms with van der Waals surface area (Å²) in [5.74, 6) is 0. The third-order valence-electron chi connectivity index (χ3n) is 2.97. The maximum Gasteiger partial charge on any atom is 0.200 e. The number of anilines is 1. The van der Waals surface area contributed by atoms with Crippen molar-refractivity contribution >= 4 is 27.6 Å². The second-order valence-corrected chi connectivity index (χ2v) is 4.14. The van der Waals surface area contributed by atoms with Gasteiger partial charge in [0.25, 0.3) is 0 Å². The maximum atomic E-state index is 12.4. The first-order chi connectivity index (χ1) is 8.81. The molecule has 1 aromatic heterocycles. The highest BCUT2D eigenvalue weighted by Crippen LogP contribution is 2.24. The van der Waals surface area contributed by atoms with E-state index >= 15 is 0 Å². The van der Waals surface area contributed by atoms with Gasteiger partial charge in [-0.15, -0.1) is 0 Å². The molecule has 3 aromatic rings. The van der Waals surface area contributed by atoms with E-state index < -0.39 is 0 Å². The Hall–Kier alpha value is -2.29. The lowest BCUT2D eigenvalue weighted by Gasteiger charge is -2.07. The molecule has 0 amide bonds. The van der Waals surface area contributed by atoms with Gasteiger partial charge in [-0.3, -0.25) is 4.79 Å². The molecule has 0 aliphatic rings. The zero-order valence-corrected chi connectivity index (χ0v) is 10.1. The summed E-state index contributed by atoms with van der Waals surface area (Å²) in [6.07, 6.45) is 0. The van der Waals surface area contributed by atoms with Crippen molar-refractivity contribution in [1.82, 2.24) is 0 Å². The molecule has 0 fully saturated rings. The predicted molar refractivity (Wildman–Crippen MR) is 74.2 cm³/mol. The molecule has 0 radical (unpaired) electrons. The summed E-state index contributed by atoms with van der Waals surface area (Å²) < 4.78 is 5.85. The van der Waals surface area contributed by atoms with Crippen molar-refractivity contribution in [3.63, 3.8) is 0 Å². The largest absolute Gasteiger partial charge is 0.454 e. The molecule has 0 atom stereocenters. The van der Waals surface area contributed by atoms with Crippen LogP contribution in [0, 0.1) is 0 Å². The second-order valence-electron chi connectivity index (χ2n) is 4.14. The van der Waals surface area contributed by atoms with Crippen LogP contribution >= 0.6 is 0 Å². The summed E-state index contributed by atoms with van der Waals surface area (Å²) in [6.45, 7) is 2.80. The van der Waals surface area contributed by atoms with Gasteiger partial charge in [0.1, 0.15) is 5.58 Å². The average Bonchev–Trinajstić information content (AvgIpc) is 2.40. The van der Waals surface area contributed by atoms with E-state index in [2.05, 4.69) is 5.32 Å². The van der Waals surface area contributed by atoms with Crippen molar-refractivity contribution in [1.29, 1.82) is 0 Å². The molecular formula is C15H13NO2. The minimum atomic E-state index is 0.0200. The molecule has 0 unspecified atom stereocenters. The predicted octanol–water partition coefficient (Wildman–Crippen LogP) is 3.38. The van der Waals surface area contributed by atoms with Crippen molar-refractivity contribution < 1.29 is 4.42 Å². The number of nitrogens with one attached hydrogen (secondary N) is 1. The Kier molecular flexibility index (Phi) is 2.52. The van der Waals surface area contributed by atoms with Crippen LogP contribution in [0.4, 0.5) is 5.69 Å². The normalized spacial score (nSPS) is 10.9. The van der Waals surface area contributed by atoms with Crippen LogP contribution in [-0.2, 0) is 0 Å². The first-order valence-electron chi connectivity index (χ1n) is 5.99. The Balaban J connectivity index is 2.47. The Morgan fingerprint density at radius 2 is 1.83 bits per heavy atom. The van der Waals surface area contributed by atoms with Crippen LogP contribution in [0.25, 0.3) is 21.9 Å². The quantitative estimate of drug-likeness (QED) is 0.697. The van der Waals surface area contributed by atoms with E-state index in [0.717, 1.165) is 12.2 Å². The van der Waals surface area contributed by atoms with Gasteiger partial charge >= 0.3 is 0 Å². The zero-order chi connectivity index (χ0) is 12.5. The molecule has 1 N–H and O–H groups in total. The van der Waals surface area contributed by atoms with Crippen molar-refractivity contribution in [2.45, 2.75) is 6.92 Å². The smallest absolute Gasteiger partial charge is 0.200 e. The van der Waals surface area contributed by atoms with Gasteiger partial charge in [0.15, 0.2) is 5.58 Å². The van der Waals surface area contributed by atoms with Gasteiger partial charge in [0, 0.05) is 6.54 Å². The molecule has 2 aromatic carbocycles. The molecule has 3 rings (SSSR count). The Morgan fingerprint density at radius 3 is 2.67 bits per heavy atom. The fourth-order valence-corrected chi connectivity index (χ4v) is 2.15. The minimum Gasteiger partial charge on any atom is -0.454 e. The summed E-state index contributed by atoms with van der Waals surface area (Å²) in [4.78, 5) is 12.4. The lowest BCUT2D eigenvalue weighted by Crippen LogP contribution is -2.04. The Bertz CT molecular complexity index is 774.